The minimum atomic E-state index is 0.0284. The van der Waals surface area contributed by atoms with Crippen LogP contribution in [-0.2, 0) is 3.07 Å². The average Bonchev–Trinajstić information content (AvgIpc) is 2.45. The van der Waals surface area contributed by atoms with E-state index >= 15 is 0 Å². The van der Waals surface area contributed by atoms with Crippen LogP contribution in [0.2, 0.25) is 5.31 Å². The molecule has 2 nitrogen and oxygen atoms in total. The highest BCUT2D eigenvalue weighted by Gasteiger charge is 2.48. The Kier molecular flexibility index (Phi) is 4.71. The summed E-state index contributed by atoms with van der Waals surface area (Å²) in [5.74, 6) is 0.738. The first kappa shape index (κ1) is 15.1. The van der Waals surface area contributed by atoms with Crippen LogP contribution in [0, 0.1) is 5.92 Å². The molecule has 0 amide bonds. The summed E-state index contributed by atoms with van der Waals surface area (Å²) in [4.78, 5) is 2.57. The number of nitrogens with zero attached hydrogens (tertiary/aromatic N) is 1. The zero-order valence-corrected chi connectivity index (χ0v) is 14.1. The van der Waals surface area contributed by atoms with Gasteiger partial charge in [0.15, 0.2) is 0 Å². The van der Waals surface area contributed by atoms with Crippen LogP contribution in [-0.4, -0.2) is 38.0 Å². The predicted octanol–water partition coefficient (Wildman–Crippen LogP) is 3.74. The van der Waals surface area contributed by atoms with Gasteiger partial charge in [0.1, 0.15) is 23.0 Å². The van der Waals surface area contributed by atoms with Crippen LogP contribution in [0.3, 0.4) is 0 Å². The van der Waals surface area contributed by atoms with Crippen molar-refractivity contribution in [2.45, 2.75) is 69.3 Å². The van der Waals surface area contributed by atoms with Crippen molar-refractivity contribution >= 4 is 30.9 Å². The van der Waals surface area contributed by atoms with Crippen molar-refractivity contribution < 1.29 is 3.07 Å². The van der Waals surface area contributed by atoms with Gasteiger partial charge in [0.05, 0.1) is 14.5 Å². The van der Waals surface area contributed by atoms with E-state index in [1.807, 2.05) is 23.0 Å². The fraction of sp³-hybridized carbons (Fsp3) is 1.00. The van der Waals surface area contributed by atoms with Gasteiger partial charge in [0.25, 0.3) is 0 Å². The van der Waals surface area contributed by atoms with Crippen LogP contribution in [0.1, 0.15) is 52.4 Å². The van der Waals surface area contributed by atoms with Gasteiger partial charge in [-0.15, -0.1) is 0 Å². The van der Waals surface area contributed by atoms with Crippen molar-refractivity contribution in [1.29, 1.82) is 0 Å². The van der Waals surface area contributed by atoms with Gasteiger partial charge in [-0.3, -0.25) is 4.90 Å². The van der Waals surface area contributed by atoms with Gasteiger partial charge in [-0.1, -0.05) is 37.9 Å². The van der Waals surface area contributed by atoms with Gasteiger partial charge in [0, 0.05) is 11.6 Å². The molecule has 4 unspecified atom stereocenters. The van der Waals surface area contributed by atoms with Crippen LogP contribution < -0.4 is 0 Å². The molecule has 1 aliphatic heterocycles. The zero-order chi connectivity index (χ0) is 13.4. The predicted molar refractivity (Wildman–Crippen MR) is 85.2 cm³/mol. The molecule has 2 rings (SSSR count). The smallest absolute Gasteiger partial charge is 0.109 e. The van der Waals surface area contributed by atoms with E-state index in [-0.39, 0.29) is 10.9 Å². The molecule has 2 fully saturated rings. The molecule has 0 aromatic rings. The standard InChI is InChI=1S/C14H25BINO/c1-13(15)7-5-4-6-12-11(8-13)9-14(2,10-18-16)17(12)3/h11-12H,4-10H2,1-3H3. The fourth-order valence-electron chi connectivity index (χ4n) is 4.06. The zero-order valence-electron chi connectivity index (χ0n) is 11.9. The highest BCUT2D eigenvalue weighted by atomic mass is 127. The molecule has 4 heteroatoms. The number of rotatable bonds is 2. The summed E-state index contributed by atoms with van der Waals surface area (Å²) in [7, 11) is 8.73. The second-order valence-electron chi connectivity index (χ2n) is 7.00. The Hall–Kier alpha value is 0.715. The lowest BCUT2D eigenvalue weighted by Gasteiger charge is -2.37. The molecule has 1 saturated carbocycles. The van der Waals surface area contributed by atoms with E-state index in [4.69, 9.17) is 10.9 Å². The monoisotopic (exact) mass is 361 g/mol. The largest absolute Gasteiger partial charge is 0.314 e. The Bertz CT molecular complexity index is 300. The molecule has 4 atom stereocenters. The van der Waals surface area contributed by atoms with Gasteiger partial charge >= 0.3 is 0 Å². The van der Waals surface area contributed by atoms with E-state index in [1.54, 1.807) is 0 Å². The average molecular weight is 361 g/mol. The van der Waals surface area contributed by atoms with Crippen molar-refractivity contribution in [3.8, 4) is 0 Å². The molecule has 1 aliphatic carbocycles. The van der Waals surface area contributed by atoms with Crippen molar-refractivity contribution in [3.63, 3.8) is 0 Å². The summed E-state index contributed by atoms with van der Waals surface area (Å²) >= 11 is 2.02. The third kappa shape index (κ3) is 3.06. The van der Waals surface area contributed by atoms with Gasteiger partial charge in [-0.25, -0.2) is 0 Å². The molecule has 0 spiro atoms. The molecule has 102 valence electrons. The van der Waals surface area contributed by atoms with E-state index in [0.29, 0.717) is 6.04 Å². The topological polar surface area (TPSA) is 12.5 Å². The minimum absolute atomic E-state index is 0.0284. The minimum Gasteiger partial charge on any atom is -0.314 e. The first-order chi connectivity index (χ1) is 8.38. The molecular formula is C14H25BINO. The molecule has 0 N–H and O–H groups in total. The van der Waals surface area contributed by atoms with E-state index in [0.717, 1.165) is 12.5 Å². The number of hydrogen-bond donors (Lipinski definition) is 0. The molecule has 0 bridgehead atoms. The number of halogens is 1. The quantitative estimate of drug-likeness (QED) is 0.549. The summed E-state index contributed by atoms with van der Waals surface area (Å²) in [5.41, 5.74) is 0.191. The van der Waals surface area contributed by atoms with Gasteiger partial charge < -0.3 is 3.07 Å². The molecule has 1 heterocycles. The summed E-state index contributed by atoms with van der Waals surface area (Å²) in [6.07, 6.45) is 7.50. The van der Waals surface area contributed by atoms with Crippen molar-refractivity contribution in [3.05, 3.63) is 0 Å². The summed E-state index contributed by atoms with van der Waals surface area (Å²) < 4.78 is 5.42. The number of hydrogen-bond acceptors (Lipinski definition) is 2. The SMILES string of the molecule is [B]C1(C)CCCCC2C(C1)CC(C)(COI)N2C. The Labute approximate surface area is 127 Å². The summed E-state index contributed by atoms with van der Waals surface area (Å²) in [5, 5.41) is 0.0284. The Balaban J connectivity index is 2.15. The third-order valence-electron chi connectivity index (χ3n) is 5.19. The van der Waals surface area contributed by atoms with Crippen LogP contribution in [0.4, 0.5) is 0 Å². The first-order valence-electron chi connectivity index (χ1n) is 7.13. The molecular weight excluding hydrogens is 336 g/mol. The maximum Gasteiger partial charge on any atom is 0.109 e. The van der Waals surface area contributed by atoms with E-state index in [9.17, 15) is 0 Å². The summed E-state index contributed by atoms with van der Waals surface area (Å²) in [6, 6.07) is 0.699. The van der Waals surface area contributed by atoms with Crippen LogP contribution in [0.5, 0.6) is 0 Å². The lowest BCUT2D eigenvalue weighted by molar-refractivity contribution is 0.0999. The first-order valence-corrected chi connectivity index (χ1v) is 8.01. The molecule has 1 saturated heterocycles. The van der Waals surface area contributed by atoms with Gasteiger partial charge in [-0.2, -0.15) is 0 Å². The number of fused-ring (bicyclic) bond motifs is 1. The van der Waals surface area contributed by atoms with Crippen LogP contribution in [0.25, 0.3) is 0 Å². The maximum atomic E-state index is 6.46. The highest BCUT2D eigenvalue weighted by molar-refractivity contribution is 14.1. The third-order valence-corrected chi connectivity index (χ3v) is 5.50. The van der Waals surface area contributed by atoms with Crippen LogP contribution in [0.15, 0.2) is 0 Å². The second kappa shape index (κ2) is 5.61. The van der Waals surface area contributed by atoms with Crippen molar-refractivity contribution in [1.82, 2.24) is 4.90 Å². The Morgan fingerprint density at radius 1 is 1.33 bits per heavy atom. The molecule has 2 aliphatic rings. The maximum absolute atomic E-state index is 6.46. The molecule has 0 aromatic carbocycles. The Morgan fingerprint density at radius 2 is 2.06 bits per heavy atom. The van der Waals surface area contributed by atoms with Crippen molar-refractivity contribution in [2.24, 2.45) is 5.92 Å². The van der Waals surface area contributed by atoms with Gasteiger partial charge in [-0.05, 0) is 32.7 Å². The van der Waals surface area contributed by atoms with E-state index in [1.165, 1.54) is 38.5 Å². The Morgan fingerprint density at radius 3 is 2.72 bits per heavy atom. The summed E-state index contributed by atoms with van der Waals surface area (Å²) in [6.45, 7) is 5.39. The highest BCUT2D eigenvalue weighted by Crippen LogP contribution is 2.48. The molecule has 18 heavy (non-hydrogen) atoms. The number of likely N-dealkylation sites (N-methyl/N-ethyl adjacent to an activating group) is 1. The van der Waals surface area contributed by atoms with Crippen molar-refractivity contribution in [2.75, 3.05) is 13.7 Å². The lowest BCUT2D eigenvalue weighted by atomic mass is 9.60. The molecule has 2 radical (unpaired) electrons. The van der Waals surface area contributed by atoms with E-state index in [2.05, 4.69) is 25.8 Å². The molecule has 0 aromatic heterocycles. The number of likely N-dealkylation sites (tertiary alicyclic amines) is 1. The van der Waals surface area contributed by atoms with E-state index < -0.39 is 0 Å². The second-order valence-corrected chi connectivity index (χ2v) is 7.62. The van der Waals surface area contributed by atoms with Gasteiger partial charge in [0.2, 0.25) is 0 Å². The van der Waals surface area contributed by atoms with Crippen LogP contribution >= 0.6 is 23.0 Å². The lowest BCUT2D eigenvalue weighted by Crippen LogP contribution is -2.45. The fourth-order valence-corrected chi connectivity index (χ4v) is 4.73. The normalized spacial score (nSPS) is 46.4.